The van der Waals surface area contributed by atoms with E-state index in [9.17, 15) is 9.59 Å². The monoisotopic (exact) mass is 394 g/mol. The molecule has 0 fully saturated rings. The zero-order chi connectivity index (χ0) is 20.4. The molecule has 5 heteroatoms. The predicted molar refractivity (Wildman–Crippen MR) is 117 cm³/mol. The van der Waals surface area contributed by atoms with Gasteiger partial charge in [0.25, 0.3) is 5.56 Å². The molecule has 2 aromatic carbocycles. The lowest BCUT2D eigenvalue weighted by Crippen LogP contribution is -2.25. The number of carbonyl (C=O) groups is 1. The molecule has 0 radical (unpaired) electrons. The molecule has 3 aromatic rings. The van der Waals surface area contributed by atoms with Gasteiger partial charge in [0.2, 0.25) is 0 Å². The molecule has 0 saturated carbocycles. The van der Waals surface area contributed by atoms with Crippen molar-refractivity contribution < 1.29 is 4.79 Å². The van der Waals surface area contributed by atoms with Gasteiger partial charge in [0.1, 0.15) is 0 Å². The van der Waals surface area contributed by atoms with Crippen LogP contribution < -0.4 is 5.56 Å². The van der Waals surface area contributed by atoms with Crippen LogP contribution in [0.25, 0.3) is 10.9 Å². The van der Waals surface area contributed by atoms with Gasteiger partial charge in [-0.3, -0.25) is 14.2 Å². The molecule has 0 aliphatic carbocycles. The molecule has 1 aromatic heterocycles. The summed E-state index contributed by atoms with van der Waals surface area (Å²) in [5.41, 5.74) is 4.54. The molecule has 0 atom stereocenters. The van der Waals surface area contributed by atoms with E-state index in [4.69, 9.17) is 0 Å². The van der Waals surface area contributed by atoms with Crippen LogP contribution in [-0.2, 0) is 6.54 Å². The Bertz CT molecular complexity index is 1080. The largest absolute Gasteiger partial charge is 0.293 e. The molecule has 3 rings (SSSR count). The standard InChI is InChI=1S/C23H26N2O2S/c1-14(2)12-25-22(27)18-8-6-7-9-19(18)24-23(25)28-13-20(26)21-16(4)10-15(3)11-17(21)5/h6-11,14H,12-13H2,1-5H3. The zero-order valence-electron chi connectivity index (χ0n) is 17.1. The first-order valence-electron chi connectivity index (χ1n) is 9.51. The van der Waals surface area contributed by atoms with Crippen molar-refractivity contribution in [2.45, 2.75) is 46.3 Å². The second kappa shape index (κ2) is 8.31. The number of benzene rings is 2. The van der Waals surface area contributed by atoms with Crippen molar-refractivity contribution in [1.29, 1.82) is 0 Å². The van der Waals surface area contributed by atoms with Gasteiger partial charge in [-0.1, -0.05) is 55.4 Å². The number of Topliss-reactive ketones (excluding diaryl/α,β-unsaturated/α-hetero) is 1. The smallest absolute Gasteiger partial charge is 0.262 e. The highest BCUT2D eigenvalue weighted by molar-refractivity contribution is 7.99. The number of aromatic nitrogens is 2. The molecule has 0 N–H and O–H groups in total. The van der Waals surface area contributed by atoms with Gasteiger partial charge in [0, 0.05) is 12.1 Å². The average Bonchev–Trinajstić information content (AvgIpc) is 2.61. The third kappa shape index (κ3) is 4.20. The van der Waals surface area contributed by atoms with E-state index in [1.165, 1.54) is 11.8 Å². The number of ketones is 1. The van der Waals surface area contributed by atoms with Crippen molar-refractivity contribution in [2.24, 2.45) is 5.92 Å². The summed E-state index contributed by atoms with van der Waals surface area (Å²) in [6.07, 6.45) is 0. The first-order chi connectivity index (χ1) is 13.3. The summed E-state index contributed by atoms with van der Waals surface area (Å²) in [5.74, 6) is 0.629. The number of thioether (sulfide) groups is 1. The minimum atomic E-state index is -0.0445. The summed E-state index contributed by atoms with van der Waals surface area (Å²) in [4.78, 5) is 30.6. The maximum atomic E-state index is 13.0. The van der Waals surface area contributed by atoms with Crippen LogP contribution in [0, 0.1) is 26.7 Å². The minimum Gasteiger partial charge on any atom is -0.293 e. The first-order valence-corrected chi connectivity index (χ1v) is 10.5. The van der Waals surface area contributed by atoms with Crippen molar-refractivity contribution in [3.8, 4) is 0 Å². The Kier molecular flexibility index (Phi) is 6.04. The molecule has 4 nitrogen and oxygen atoms in total. The molecule has 0 aliphatic heterocycles. The lowest BCUT2D eigenvalue weighted by atomic mass is 9.97. The zero-order valence-corrected chi connectivity index (χ0v) is 17.9. The van der Waals surface area contributed by atoms with Crippen LogP contribution in [0.2, 0.25) is 0 Å². The van der Waals surface area contributed by atoms with Gasteiger partial charge < -0.3 is 0 Å². The Morgan fingerprint density at radius 2 is 1.75 bits per heavy atom. The van der Waals surface area contributed by atoms with Crippen LogP contribution in [0.4, 0.5) is 0 Å². The van der Waals surface area contributed by atoms with Crippen molar-refractivity contribution >= 4 is 28.4 Å². The Morgan fingerprint density at radius 1 is 1.11 bits per heavy atom. The molecule has 0 unspecified atom stereocenters. The minimum absolute atomic E-state index is 0.0445. The second-order valence-corrected chi connectivity index (χ2v) is 8.65. The Balaban J connectivity index is 1.96. The van der Waals surface area contributed by atoms with Crippen LogP contribution >= 0.6 is 11.8 Å². The fourth-order valence-electron chi connectivity index (χ4n) is 3.61. The number of rotatable bonds is 6. The molecule has 1 heterocycles. The molecule has 0 bridgehead atoms. The lowest BCUT2D eigenvalue weighted by molar-refractivity contribution is 0.102. The first kappa shape index (κ1) is 20.3. The average molecular weight is 395 g/mol. The molecule has 0 amide bonds. The van der Waals surface area contributed by atoms with E-state index in [1.807, 2.05) is 51.1 Å². The number of aryl methyl sites for hydroxylation is 3. The molecular formula is C23H26N2O2S. The fourth-order valence-corrected chi connectivity index (χ4v) is 4.49. The summed E-state index contributed by atoms with van der Waals surface area (Å²) in [6.45, 7) is 10.7. The van der Waals surface area contributed by atoms with Crippen LogP contribution in [0.1, 0.15) is 40.9 Å². The van der Waals surface area contributed by atoms with Gasteiger partial charge in [0.05, 0.1) is 16.7 Å². The molecule has 0 spiro atoms. The summed E-state index contributed by atoms with van der Waals surface area (Å²) in [7, 11) is 0. The second-order valence-electron chi connectivity index (χ2n) is 7.71. The van der Waals surface area contributed by atoms with E-state index < -0.39 is 0 Å². The van der Waals surface area contributed by atoms with Gasteiger partial charge in [-0.15, -0.1) is 0 Å². The number of fused-ring (bicyclic) bond motifs is 1. The van der Waals surface area contributed by atoms with Gasteiger partial charge in [-0.2, -0.15) is 0 Å². The van der Waals surface area contributed by atoms with Crippen molar-refractivity contribution in [1.82, 2.24) is 9.55 Å². The summed E-state index contributed by atoms with van der Waals surface area (Å²) >= 11 is 1.34. The van der Waals surface area contributed by atoms with E-state index >= 15 is 0 Å². The van der Waals surface area contributed by atoms with E-state index in [-0.39, 0.29) is 17.1 Å². The number of hydrogen-bond donors (Lipinski definition) is 0. The van der Waals surface area contributed by atoms with E-state index in [2.05, 4.69) is 18.8 Å². The molecule has 146 valence electrons. The van der Waals surface area contributed by atoms with Gasteiger partial charge in [-0.05, 0) is 49.9 Å². The summed E-state index contributed by atoms with van der Waals surface area (Å²) < 4.78 is 1.71. The van der Waals surface area contributed by atoms with Gasteiger partial charge >= 0.3 is 0 Å². The maximum Gasteiger partial charge on any atom is 0.262 e. The van der Waals surface area contributed by atoms with Gasteiger partial charge in [0.15, 0.2) is 10.9 Å². The topological polar surface area (TPSA) is 52.0 Å². The third-order valence-electron chi connectivity index (χ3n) is 4.66. The Labute approximate surface area is 170 Å². The highest BCUT2D eigenvalue weighted by Gasteiger charge is 2.17. The number of nitrogens with zero attached hydrogens (tertiary/aromatic N) is 2. The Morgan fingerprint density at radius 3 is 2.39 bits per heavy atom. The van der Waals surface area contributed by atoms with E-state index in [0.29, 0.717) is 28.5 Å². The molecular weight excluding hydrogens is 368 g/mol. The van der Waals surface area contributed by atoms with E-state index in [1.54, 1.807) is 10.6 Å². The highest BCUT2D eigenvalue weighted by atomic mass is 32.2. The van der Waals surface area contributed by atoms with Crippen molar-refractivity contribution in [3.63, 3.8) is 0 Å². The normalized spacial score (nSPS) is 11.4. The number of carbonyl (C=O) groups excluding carboxylic acids is 1. The molecule has 0 aliphatic rings. The molecule has 0 saturated heterocycles. The quantitative estimate of drug-likeness (QED) is 0.337. The number of para-hydroxylation sites is 1. The maximum absolute atomic E-state index is 13.0. The van der Waals surface area contributed by atoms with E-state index in [0.717, 1.165) is 22.3 Å². The number of hydrogen-bond acceptors (Lipinski definition) is 4. The molecule has 28 heavy (non-hydrogen) atoms. The summed E-state index contributed by atoms with van der Waals surface area (Å²) in [5, 5.41) is 1.22. The highest BCUT2D eigenvalue weighted by Crippen LogP contribution is 2.23. The van der Waals surface area contributed by atoms with Crippen LogP contribution in [0.3, 0.4) is 0 Å². The third-order valence-corrected chi connectivity index (χ3v) is 5.64. The SMILES string of the molecule is Cc1cc(C)c(C(=O)CSc2nc3ccccc3c(=O)n2CC(C)C)c(C)c1. The van der Waals surface area contributed by atoms with Crippen molar-refractivity contribution in [2.75, 3.05) is 5.75 Å². The predicted octanol–water partition coefficient (Wildman–Crippen LogP) is 4.95. The Hall–Kier alpha value is -2.40. The van der Waals surface area contributed by atoms with Crippen LogP contribution in [0.5, 0.6) is 0 Å². The van der Waals surface area contributed by atoms with Gasteiger partial charge in [-0.25, -0.2) is 4.98 Å². The lowest BCUT2D eigenvalue weighted by Gasteiger charge is -2.15. The van der Waals surface area contributed by atoms with Crippen LogP contribution in [-0.4, -0.2) is 21.1 Å². The van der Waals surface area contributed by atoms with Crippen LogP contribution in [0.15, 0.2) is 46.3 Å². The van der Waals surface area contributed by atoms with Crippen molar-refractivity contribution in [3.05, 3.63) is 69.0 Å². The fraction of sp³-hybridized carbons (Fsp3) is 0.348. The summed E-state index contributed by atoms with van der Waals surface area (Å²) in [6, 6.07) is 11.4.